The summed E-state index contributed by atoms with van der Waals surface area (Å²) in [5, 5.41) is 9.24. The van der Waals surface area contributed by atoms with Crippen LogP contribution in [0.2, 0.25) is 0 Å². The van der Waals surface area contributed by atoms with Gasteiger partial charge in [-0.2, -0.15) is 0 Å². The molecule has 136 valence electrons. The van der Waals surface area contributed by atoms with Crippen LogP contribution >= 0.6 is 0 Å². The van der Waals surface area contributed by atoms with Gasteiger partial charge in [0.25, 0.3) is 0 Å². The Balaban J connectivity index is 1.65. The van der Waals surface area contributed by atoms with Gasteiger partial charge in [-0.15, -0.1) is 0 Å². The first-order valence-corrected chi connectivity index (χ1v) is 9.41. The highest BCUT2D eigenvalue weighted by atomic mass is 16.5. The topological polar surface area (TPSA) is 55.2 Å². The third-order valence-corrected chi connectivity index (χ3v) is 4.33. The lowest BCUT2D eigenvalue weighted by Crippen LogP contribution is -2.08. The normalized spacial score (nSPS) is 12.2. The lowest BCUT2D eigenvalue weighted by molar-refractivity contribution is 0.0566. The molecule has 1 aromatic heterocycles. The predicted molar refractivity (Wildman–Crippen MR) is 102 cm³/mol. The zero-order valence-corrected chi connectivity index (χ0v) is 15.4. The monoisotopic (exact) mass is 342 g/mol. The molecule has 0 spiro atoms. The standard InChI is InChI=1S/C21H30N2O2/c1-3-4-14-25-17(2)8-6-5-7-9-18-10-12-19(13-11-18)21-22-15-20(24)16-23-21/h10-13,15-17,24H,3-9,14H2,1-2H3. The molecular formula is C21H30N2O2. The Morgan fingerprint density at radius 3 is 2.40 bits per heavy atom. The lowest BCUT2D eigenvalue weighted by Gasteiger charge is -2.12. The van der Waals surface area contributed by atoms with Crippen molar-refractivity contribution < 1.29 is 9.84 Å². The Bertz CT molecular complexity index is 596. The van der Waals surface area contributed by atoms with Crippen LogP contribution in [0.15, 0.2) is 36.7 Å². The van der Waals surface area contributed by atoms with Gasteiger partial charge in [-0.05, 0) is 38.2 Å². The van der Waals surface area contributed by atoms with Gasteiger partial charge in [0.05, 0.1) is 18.5 Å². The number of aromatic nitrogens is 2. The molecule has 4 nitrogen and oxygen atoms in total. The maximum absolute atomic E-state index is 9.24. The minimum absolute atomic E-state index is 0.0884. The van der Waals surface area contributed by atoms with E-state index in [4.69, 9.17) is 4.74 Å². The van der Waals surface area contributed by atoms with Gasteiger partial charge >= 0.3 is 0 Å². The van der Waals surface area contributed by atoms with Crippen molar-refractivity contribution in [2.45, 2.75) is 64.9 Å². The van der Waals surface area contributed by atoms with E-state index in [0.717, 1.165) is 31.4 Å². The molecule has 0 radical (unpaired) electrons. The zero-order valence-electron chi connectivity index (χ0n) is 15.4. The summed E-state index contributed by atoms with van der Waals surface area (Å²) in [5.41, 5.74) is 2.32. The Kier molecular flexibility index (Phi) is 8.40. The van der Waals surface area contributed by atoms with Gasteiger partial charge in [-0.25, -0.2) is 9.97 Å². The third kappa shape index (κ3) is 7.22. The molecule has 4 heteroatoms. The number of nitrogens with zero attached hydrogens (tertiary/aromatic N) is 2. The molecule has 0 saturated heterocycles. The van der Waals surface area contributed by atoms with Crippen molar-refractivity contribution in [1.82, 2.24) is 9.97 Å². The van der Waals surface area contributed by atoms with Crippen molar-refractivity contribution >= 4 is 0 Å². The highest BCUT2D eigenvalue weighted by molar-refractivity contribution is 5.55. The van der Waals surface area contributed by atoms with E-state index < -0.39 is 0 Å². The maximum Gasteiger partial charge on any atom is 0.159 e. The van der Waals surface area contributed by atoms with Gasteiger partial charge in [-0.3, -0.25) is 0 Å². The summed E-state index contributed by atoms with van der Waals surface area (Å²) in [6.45, 7) is 5.27. The minimum Gasteiger partial charge on any atom is -0.505 e. The largest absolute Gasteiger partial charge is 0.505 e. The first-order valence-electron chi connectivity index (χ1n) is 9.41. The van der Waals surface area contributed by atoms with Crippen LogP contribution in [-0.4, -0.2) is 27.8 Å². The molecule has 2 rings (SSSR count). The van der Waals surface area contributed by atoms with Crippen molar-refractivity contribution in [3.05, 3.63) is 42.2 Å². The summed E-state index contributed by atoms with van der Waals surface area (Å²) in [4.78, 5) is 8.27. The molecule has 0 aliphatic heterocycles. The Hall–Kier alpha value is -1.94. The predicted octanol–water partition coefficient (Wildman–Crippen LogP) is 5.16. The number of rotatable bonds is 11. The lowest BCUT2D eigenvalue weighted by atomic mass is 10.0. The van der Waals surface area contributed by atoms with Gasteiger partial charge in [0.15, 0.2) is 11.6 Å². The molecule has 0 saturated carbocycles. The first kappa shape index (κ1) is 19.4. The van der Waals surface area contributed by atoms with E-state index in [9.17, 15) is 5.11 Å². The molecule has 1 aromatic carbocycles. The number of benzene rings is 1. The summed E-state index contributed by atoms with van der Waals surface area (Å²) in [7, 11) is 0. The van der Waals surface area contributed by atoms with Crippen molar-refractivity contribution in [3.8, 4) is 17.1 Å². The van der Waals surface area contributed by atoms with Gasteiger partial charge < -0.3 is 9.84 Å². The van der Waals surface area contributed by atoms with Gasteiger partial charge in [0, 0.05) is 12.2 Å². The average molecular weight is 342 g/mol. The van der Waals surface area contributed by atoms with Crippen LogP contribution < -0.4 is 0 Å². The Morgan fingerprint density at radius 1 is 1.00 bits per heavy atom. The first-order chi connectivity index (χ1) is 12.2. The number of aryl methyl sites for hydroxylation is 1. The van der Waals surface area contributed by atoms with Gasteiger partial charge in [0.1, 0.15) is 0 Å². The molecule has 0 aliphatic carbocycles. The number of unbranched alkanes of at least 4 members (excludes halogenated alkanes) is 3. The molecule has 1 atom stereocenters. The quantitative estimate of drug-likeness (QED) is 0.573. The fourth-order valence-corrected chi connectivity index (χ4v) is 2.74. The van der Waals surface area contributed by atoms with E-state index in [1.165, 1.54) is 43.6 Å². The van der Waals surface area contributed by atoms with Crippen molar-refractivity contribution in [3.63, 3.8) is 0 Å². The molecule has 0 amide bonds. The van der Waals surface area contributed by atoms with Crippen molar-refractivity contribution in [2.75, 3.05) is 6.61 Å². The third-order valence-electron chi connectivity index (χ3n) is 4.33. The Labute approximate surface area is 151 Å². The summed E-state index contributed by atoms with van der Waals surface area (Å²) in [5.74, 6) is 0.729. The summed E-state index contributed by atoms with van der Waals surface area (Å²) >= 11 is 0. The van der Waals surface area contributed by atoms with Crippen LogP contribution in [0.25, 0.3) is 11.4 Å². The number of hydrogen-bond acceptors (Lipinski definition) is 4. The molecule has 0 bridgehead atoms. The number of ether oxygens (including phenoxy) is 1. The van der Waals surface area contributed by atoms with Crippen LogP contribution in [-0.2, 0) is 11.2 Å². The second kappa shape index (κ2) is 10.8. The van der Waals surface area contributed by atoms with Gasteiger partial charge in [0.2, 0.25) is 0 Å². The van der Waals surface area contributed by atoms with Crippen LogP contribution in [0.3, 0.4) is 0 Å². The molecule has 1 heterocycles. The zero-order chi connectivity index (χ0) is 17.9. The maximum atomic E-state index is 9.24. The van der Waals surface area contributed by atoms with E-state index in [-0.39, 0.29) is 5.75 Å². The van der Waals surface area contributed by atoms with Crippen LogP contribution in [0.4, 0.5) is 0 Å². The SMILES string of the molecule is CCCCOC(C)CCCCCc1ccc(-c2ncc(O)cn2)cc1. The number of hydrogen-bond donors (Lipinski definition) is 1. The highest BCUT2D eigenvalue weighted by Crippen LogP contribution is 2.18. The molecule has 1 N–H and O–H groups in total. The molecule has 25 heavy (non-hydrogen) atoms. The Morgan fingerprint density at radius 2 is 1.72 bits per heavy atom. The van der Waals surface area contributed by atoms with Crippen LogP contribution in [0.1, 0.15) is 57.9 Å². The summed E-state index contributed by atoms with van der Waals surface area (Å²) in [6, 6.07) is 8.38. The second-order valence-electron chi connectivity index (χ2n) is 6.60. The molecule has 2 aromatic rings. The fraction of sp³-hybridized carbons (Fsp3) is 0.524. The molecule has 0 fully saturated rings. The number of aromatic hydroxyl groups is 1. The van der Waals surface area contributed by atoms with E-state index in [0.29, 0.717) is 11.9 Å². The molecule has 0 aliphatic rings. The van der Waals surface area contributed by atoms with Crippen molar-refractivity contribution in [2.24, 2.45) is 0 Å². The fourth-order valence-electron chi connectivity index (χ4n) is 2.74. The van der Waals surface area contributed by atoms with Crippen molar-refractivity contribution in [1.29, 1.82) is 0 Å². The van der Waals surface area contributed by atoms with E-state index in [2.05, 4.69) is 35.9 Å². The van der Waals surface area contributed by atoms with E-state index >= 15 is 0 Å². The smallest absolute Gasteiger partial charge is 0.159 e. The van der Waals surface area contributed by atoms with Crippen LogP contribution in [0, 0.1) is 0 Å². The molecule has 1 unspecified atom stereocenters. The highest BCUT2D eigenvalue weighted by Gasteiger charge is 2.03. The summed E-state index contributed by atoms with van der Waals surface area (Å²) < 4.78 is 5.78. The second-order valence-corrected chi connectivity index (χ2v) is 6.60. The summed E-state index contributed by atoms with van der Waals surface area (Å²) in [6.07, 6.45) is 11.5. The molecular weight excluding hydrogens is 312 g/mol. The van der Waals surface area contributed by atoms with Gasteiger partial charge in [-0.1, -0.05) is 50.5 Å². The van der Waals surface area contributed by atoms with Crippen LogP contribution in [0.5, 0.6) is 5.75 Å². The minimum atomic E-state index is 0.0884. The van der Waals surface area contributed by atoms with E-state index in [1.807, 2.05) is 12.1 Å². The average Bonchev–Trinajstić information content (AvgIpc) is 2.63. The van der Waals surface area contributed by atoms with E-state index in [1.54, 1.807) is 0 Å².